The number of halogens is 4. The van der Waals surface area contributed by atoms with E-state index >= 15 is 0 Å². The van der Waals surface area contributed by atoms with Gasteiger partial charge in [0.2, 0.25) is 0 Å². The summed E-state index contributed by atoms with van der Waals surface area (Å²) >= 11 is 3.14. The number of alkyl halides is 3. The molecule has 0 bridgehead atoms. The molecule has 2 aromatic rings. The number of anilines is 2. The van der Waals surface area contributed by atoms with E-state index in [-0.39, 0.29) is 17.2 Å². The van der Waals surface area contributed by atoms with E-state index in [1.165, 1.54) is 18.5 Å². The van der Waals surface area contributed by atoms with Gasteiger partial charge in [0.05, 0.1) is 11.3 Å². The van der Waals surface area contributed by atoms with Crippen LogP contribution in [0.1, 0.15) is 11.3 Å². The van der Waals surface area contributed by atoms with Crippen LogP contribution in [0.5, 0.6) is 0 Å². The van der Waals surface area contributed by atoms with Crippen LogP contribution in [-0.2, 0) is 6.18 Å². The Labute approximate surface area is 120 Å². The summed E-state index contributed by atoms with van der Waals surface area (Å²) < 4.78 is 38.4. The third kappa shape index (κ3) is 3.05. The Bertz CT molecular complexity index is 679. The summed E-state index contributed by atoms with van der Waals surface area (Å²) in [5.74, 6) is 0.0926. The maximum atomic E-state index is 12.7. The molecule has 0 spiro atoms. The molecule has 0 atom stereocenters. The number of nitrogens with one attached hydrogen (secondary N) is 1. The van der Waals surface area contributed by atoms with Crippen molar-refractivity contribution in [2.24, 2.45) is 0 Å². The van der Waals surface area contributed by atoms with Crippen LogP contribution in [-0.4, -0.2) is 9.97 Å². The zero-order valence-corrected chi connectivity index (χ0v) is 11.3. The third-order valence-electron chi connectivity index (χ3n) is 2.35. The average molecular weight is 343 g/mol. The molecule has 102 valence electrons. The van der Waals surface area contributed by atoms with Gasteiger partial charge in [-0.15, -0.1) is 0 Å². The number of hydrogen-bond donors (Lipinski definition) is 1. The first-order valence-electron chi connectivity index (χ1n) is 5.26. The minimum Gasteiger partial charge on any atom is -0.337 e. The molecule has 8 heteroatoms. The predicted octanol–water partition coefficient (Wildman–Crippen LogP) is 3.87. The molecule has 2 rings (SSSR count). The number of aromatic nitrogens is 2. The van der Waals surface area contributed by atoms with Gasteiger partial charge < -0.3 is 5.32 Å². The zero-order valence-electron chi connectivity index (χ0n) is 9.74. The monoisotopic (exact) mass is 342 g/mol. The maximum absolute atomic E-state index is 12.7. The highest BCUT2D eigenvalue weighted by Gasteiger charge is 2.31. The summed E-state index contributed by atoms with van der Waals surface area (Å²) in [5, 5.41) is 11.5. The van der Waals surface area contributed by atoms with Crippen molar-refractivity contribution < 1.29 is 13.2 Å². The van der Waals surface area contributed by atoms with Gasteiger partial charge in [-0.3, -0.25) is 0 Å². The molecule has 0 saturated carbocycles. The molecule has 20 heavy (non-hydrogen) atoms. The van der Waals surface area contributed by atoms with Crippen molar-refractivity contribution in [2.75, 3.05) is 5.32 Å². The molecule has 0 unspecified atom stereocenters. The fourth-order valence-electron chi connectivity index (χ4n) is 1.44. The molecule has 0 fully saturated rings. The van der Waals surface area contributed by atoms with E-state index in [0.29, 0.717) is 4.47 Å². The lowest BCUT2D eigenvalue weighted by atomic mass is 10.2. The molecule has 0 saturated heterocycles. The minimum atomic E-state index is -4.45. The number of hydrogen-bond acceptors (Lipinski definition) is 4. The van der Waals surface area contributed by atoms with E-state index in [4.69, 9.17) is 5.26 Å². The fourth-order valence-corrected chi connectivity index (χ4v) is 1.78. The van der Waals surface area contributed by atoms with Gasteiger partial charge in [0.15, 0.2) is 11.5 Å². The first-order valence-corrected chi connectivity index (χ1v) is 6.06. The van der Waals surface area contributed by atoms with Crippen LogP contribution in [0.15, 0.2) is 35.1 Å². The molecule has 0 radical (unpaired) electrons. The van der Waals surface area contributed by atoms with E-state index in [1.807, 2.05) is 0 Å². The normalized spacial score (nSPS) is 10.9. The van der Waals surface area contributed by atoms with Crippen molar-refractivity contribution in [2.45, 2.75) is 6.18 Å². The molecule has 1 N–H and O–H groups in total. The van der Waals surface area contributed by atoms with Crippen LogP contribution in [0.2, 0.25) is 0 Å². The quantitative estimate of drug-likeness (QED) is 0.899. The molecular weight excluding hydrogens is 337 g/mol. The SMILES string of the molecule is N#Cc1nccnc1Nc1cc(C(F)(F)F)ccc1Br. The Morgan fingerprint density at radius 2 is 1.90 bits per heavy atom. The number of benzene rings is 1. The number of nitriles is 1. The molecule has 1 aromatic carbocycles. The molecule has 0 aliphatic heterocycles. The van der Waals surface area contributed by atoms with Gasteiger partial charge in [-0.1, -0.05) is 0 Å². The molecule has 0 aliphatic rings. The average Bonchev–Trinajstić information content (AvgIpc) is 2.40. The predicted molar refractivity (Wildman–Crippen MR) is 69.2 cm³/mol. The summed E-state index contributed by atoms with van der Waals surface area (Å²) in [6, 6.07) is 4.96. The first-order chi connectivity index (χ1) is 9.41. The van der Waals surface area contributed by atoms with E-state index < -0.39 is 11.7 Å². The van der Waals surface area contributed by atoms with E-state index in [9.17, 15) is 13.2 Å². The lowest BCUT2D eigenvalue weighted by Crippen LogP contribution is -2.06. The van der Waals surface area contributed by atoms with Crippen molar-refractivity contribution >= 4 is 27.4 Å². The summed E-state index contributed by atoms with van der Waals surface area (Å²) in [4.78, 5) is 7.65. The van der Waals surface area contributed by atoms with Crippen LogP contribution < -0.4 is 5.32 Å². The largest absolute Gasteiger partial charge is 0.416 e. The molecule has 1 heterocycles. The third-order valence-corrected chi connectivity index (χ3v) is 3.04. The Morgan fingerprint density at radius 3 is 2.55 bits per heavy atom. The summed E-state index contributed by atoms with van der Waals surface area (Å²) in [6.45, 7) is 0. The topological polar surface area (TPSA) is 61.6 Å². The van der Waals surface area contributed by atoms with Gasteiger partial charge >= 0.3 is 6.18 Å². The van der Waals surface area contributed by atoms with Crippen molar-refractivity contribution in [3.8, 4) is 6.07 Å². The van der Waals surface area contributed by atoms with Crippen LogP contribution in [0.4, 0.5) is 24.7 Å². The second-order valence-electron chi connectivity index (χ2n) is 3.68. The van der Waals surface area contributed by atoms with Gasteiger partial charge in [0.25, 0.3) is 0 Å². The van der Waals surface area contributed by atoms with Gasteiger partial charge in [0, 0.05) is 16.9 Å². The van der Waals surface area contributed by atoms with E-state index in [1.54, 1.807) is 6.07 Å². The van der Waals surface area contributed by atoms with E-state index in [2.05, 4.69) is 31.2 Å². The highest BCUT2D eigenvalue weighted by Crippen LogP contribution is 2.35. The summed E-state index contributed by atoms with van der Waals surface area (Å²) in [5.41, 5.74) is -0.653. The zero-order chi connectivity index (χ0) is 14.8. The number of rotatable bonds is 2. The lowest BCUT2D eigenvalue weighted by molar-refractivity contribution is -0.137. The van der Waals surface area contributed by atoms with E-state index in [0.717, 1.165) is 12.1 Å². The van der Waals surface area contributed by atoms with Crippen LogP contribution in [0, 0.1) is 11.3 Å². The Morgan fingerprint density at radius 1 is 1.20 bits per heavy atom. The number of nitrogens with zero attached hydrogens (tertiary/aromatic N) is 3. The summed E-state index contributed by atoms with van der Waals surface area (Å²) in [7, 11) is 0. The molecule has 0 aliphatic carbocycles. The smallest absolute Gasteiger partial charge is 0.337 e. The highest BCUT2D eigenvalue weighted by atomic mass is 79.9. The lowest BCUT2D eigenvalue weighted by Gasteiger charge is -2.12. The van der Waals surface area contributed by atoms with Gasteiger partial charge in [-0.2, -0.15) is 18.4 Å². The fraction of sp³-hybridized carbons (Fsp3) is 0.0833. The molecule has 4 nitrogen and oxygen atoms in total. The van der Waals surface area contributed by atoms with Gasteiger partial charge in [0.1, 0.15) is 6.07 Å². The Kier molecular flexibility index (Phi) is 3.90. The van der Waals surface area contributed by atoms with Crippen molar-refractivity contribution in [3.05, 3.63) is 46.3 Å². The first kappa shape index (κ1) is 14.3. The molecular formula is C12H6BrF3N4. The van der Waals surface area contributed by atoms with Crippen LogP contribution >= 0.6 is 15.9 Å². The van der Waals surface area contributed by atoms with Crippen molar-refractivity contribution in [3.63, 3.8) is 0 Å². The Hall–Kier alpha value is -2.14. The van der Waals surface area contributed by atoms with Crippen molar-refractivity contribution in [1.82, 2.24) is 9.97 Å². The van der Waals surface area contributed by atoms with Gasteiger partial charge in [-0.05, 0) is 34.1 Å². The molecule has 1 aromatic heterocycles. The van der Waals surface area contributed by atoms with Crippen molar-refractivity contribution in [1.29, 1.82) is 5.26 Å². The second kappa shape index (κ2) is 5.46. The maximum Gasteiger partial charge on any atom is 0.416 e. The summed E-state index contributed by atoms with van der Waals surface area (Å²) in [6.07, 6.45) is -1.78. The Balaban J connectivity index is 2.41. The van der Waals surface area contributed by atoms with Gasteiger partial charge in [-0.25, -0.2) is 9.97 Å². The highest BCUT2D eigenvalue weighted by molar-refractivity contribution is 9.10. The second-order valence-corrected chi connectivity index (χ2v) is 4.54. The molecule has 0 amide bonds. The minimum absolute atomic E-state index is 0.00295. The standard InChI is InChI=1S/C12H6BrF3N4/c13-8-2-1-7(12(14,15)16)5-9(8)20-11-10(6-17)18-3-4-19-11/h1-5H,(H,19,20). The van der Waals surface area contributed by atoms with Crippen LogP contribution in [0.3, 0.4) is 0 Å². The van der Waals surface area contributed by atoms with Crippen LogP contribution in [0.25, 0.3) is 0 Å².